The van der Waals surface area contributed by atoms with Crippen molar-refractivity contribution in [2.45, 2.75) is 22.9 Å². The van der Waals surface area contributed by atoms with Gasteiger partial charge in [0.2, 0.25) is 5.91 Å². The van der Waals surface area contributed by atoms with Gasteiger partial charge in [0.15, 0.2) is 5.03 Å². The maximum absolute atomic E-state index is 13.0. The van der Waals surface area contributed by atoms with E-state index in [4.69, 9.17) is 0 Å². The maximum atomic E-state index is 13.0. The lowest BCUT2D eigenvalue weighted by atomic mass is 10.2. The number of hydrogen-bond acceptors (Lipinski definition) is 5. The summed E-state index contributed by atoms with van der Waals surface area (Å²) in [6.07, 6.45) is 5.40. The zero-order chi connectivity index (χ0) is 20.4. The van der Waals surface area contributed by atoms with Gasteiger partial charge in [0.05, 0.1) is 12.0 Å². The molecule has 2 aromatic carbocycles. The molecule has 0 fully saturated rings. The van der Waals surface area contributed by atoms with Crippen LogP contribution in [0.15, 0.2) is 71.0 Å². The standard InChI is InChI=1S/C20H20N4O3S2/c1-28-17-7-4-6-16(11-17)22-19(25)12-23-13-20(21-14-23)29(26,27)24-10-9-15-5-2-3-8-18(15)24/h2-8,11,13-14H,9-10,12H2,1H3,(H,22,25). The number of carbonyl (C=O) groups excluding carboxylic acids is 1. The molecule has 29 heavy (non-hydrogen) atoms. The molecule has 1 aliphatic heterocycles. The number of sulfonamides is 1. The van der Waals surface area contributed by atoms with Crippen LogP contribution < -0.4 is 9.62 Å². The van der Waals surface area contributed by atoms with Crippen LogP contribution in [0, 0.1) is 0 Å². The van der Waals surface area contributed by atoms with Crippen molar-refractivity contribution in [1.29, 1.82) is 0 Å². The molecule has 3 aromatic rings. The van der Waals surface area contributed by atoms with Gasteiger partial charge in [-0.1, -0.05) is 24.3 Å². The fraction of sp³-hybridized carbons (Fsp3) is 0.200. The number of amides is 1. The summed E-state index contributed by atoms with van der Waals surface area (Å²) in [5.74, 6) is -0.254. The number of anilines is 2. The summed E-state index contributed by atoms with van der Waals surface area (Å²) in [6, 6.07) is 15.0. The number of benzene rings is 2. The maximum Gasteiger partial charge on any atom is 0.283 e. The molecule has 0 bridgehead atoms. The van der Waals surface area contributed by atoms with Gasteiger partial charge >= 0.3 is 0 Å². The van der Waals surface area contributed by atoms with E-state index in [0.29, 0.717) is 24.3 Å². The summed E-state index contributed by atoms with van der Waals surface area (Å²) in [4.78, 5) is 17.4. The number of nitrogens with zero attached hydrogens (tertiary/aromatic N) is 3. The average molecular weight is 429 g/mol. The Morgan fingerprint density at radius 2 is 2.03 bits per heavy atom. The Bertz CT molecular complexity index is 1160. The molecule has 1 N–H and O–H groups in total. The van der Waals surface area contributed by atoms with Crippen LogP contribution in [0.3, 0.4) is 0 Å². The van der Waals surface area contributed by atoms with E-state index < -0.39 is 10.0 Å². The number of carbonyl (C=O) groups is 1. The molecule has 1 amide bonds. The topological polar surface area (TPSA) is 84.3 Å². The fourth-order valence-electron chi connectivity index (χ4n) is 3.30. The quantitative estimate of drug-likeness (QED) is 0.610. The van der Waals surface area contributed by atoms with E-state index in [1.54, 1.807) is 17.8 Å². The van der Waals surface area contributed by atoms with E-state index in [9.17, 15) is 13.2 Å². The first-order valence-electron chi connectivity index (χ1n) is 9.04. The molecule has 0 atom stereocenters. The number of fused-ring (bicyclic) bond motifs is 1. The Hall–Kier alpha value is -2.78. The minimum Gasteiger partial charge on any atom is -0.327 e. The third-order valence-electron chi connectivity index (χ3n) is 4.69. The monoisotopic (exact) mass is 428 g/mol. The van der Waals surface area contributed by atoms with Gasteiger partial charge in [-0.25, -0.2) is 4.98 Å². The minimum atomic E-state index is -3.77. The van der Waals surface area contributed by atoms with Crippen molar-refractivity contribution in [3.05, 3.63) is 66.6 Å². The first-order chi connectivity index (χ1) is 14.0. The second kappa shape index (κ2) is 7.92. The van der Waals surface area contributed by atoms with Crippen molar-refractivity contribution < 1.29 is 13.2 Å². The van der Waals surface area contributed by atoms with Crippen molar-refractivity contribution in [2.75, 3.05) is 22.4 Å². The van der Waals surface area contributed by atoms with E-state index in [2.05, 4.69) is 10.3 Å². The van der Waals surface area contributed by atoms with Crippen LogP contribution in [0.5, 0.6) is 0 Å². The zero-order valence-corrected chi connectivity index (χ0v) is 17.4. The predicted octanol–water partition coefficient (Wildman–Crippen LogP) is 3.00. The van der Waals surface area contributed by atoms with Crippen LogP contribution >= 0.6 is 11.8 Å². The molecule has 0 radical (unpaired) electrons. The number of thioether (sulfide) groups is 1. The van der Waals surface area contributed by atoms with Gasteiger partial charge < -0.3 is 9.88 Å². The third-order valence-corrected chi connectivity index (χ3v) is 7.11. The lowest BCUT2D eigenvalue weighted by Gasteiger charge is -2.17. The van der Waals surface area contributed by atoms with E-state index in [0.717, 1.165) is 10.5 Å². The fourth-order valence-corrected chi connectivity index (χ4v) is 5.20. The zero-order valence-electron chi connectivity index (χ0n) is 15.8. The summed E-state index contributed by atoms with van der Waals surface area (Å²) in [5, 5.41) is 2.76. The molecule has 4 rings (SSSR count). The van der Waals surface area contributed by atoms with Crippen molar-refractivity contribution >= 4 is 39.1 Å². The highest BCUT2D eigenvalue weighted by atomic mass is 32.2. The molecule has 0 aliphatic carbocycles. The molecule has 150 valence electrons. The average Bonchev–Trinajstić information content (AvgIpc) is 3.35. The van der Waals surface area contributed by atoms with E-state index in [1.807, 2.05) is 48.7 Å². The molecule has 0 spiro atoms. The highest BCUT2D eigenvalue weighted by molar-refractivity contribution is 7.98. The highest BCUT2D eigenvalue weighted by Gasteiger charge is 2.32. The smallest absolute Gasteiger partial charge is 0.283 e. The van der Waals surface area contributed by atoms with Gasteiger partial charge in [0.1, 0.15) is 6.54 Å². The minimum absolute atomic E-state index is 0.0252. The number of aromatic nitrogens is 2. The summed E-state index contributed by atoms with van der Waals surface area (Å²) in [6.45, 7) is 0.364. The first-order valence-corrected chi connectivity index (χ1v) is 11.7. The Kier molecular flexibility index (Phi) is 5.33. The Morgan fingerprint density at radius 1 is 1.21 bits per heavy atom. The number of hydrogen-bond donors (Lipinski definition) is 1. The van der Waals surface area contributed by atoms with Gasteiger partial charge in [-0.2, -0.15) is 8.42 Å². The highest BCUT2D eigenvalue weighted by Crippen LogP contribution is 2.32. The Labute approximate surface area is 173 Å². The number of nitrogens with one attached hydrogen (secondary N) is 1. The SMILES string of the molecule is CSc1cccc(NC(=O)Cn2cnc(S(=O)(=O)N3CCc4ccccc43)c2)c1. The van der Waals surface area contributed by atoms with E-state index in [1.165, 1.54) is 21.4 Å². The molecule has 1 aliphatic rings. The molecule has 0 unspecified atom stereocenters. The lowest BCUT2D eigenvalue weighted by molar-refractivity contribution is -0.116. The molecular weight excluding hydrogens is 408 g/mol. The van der Waals surface area contributed by atoms with E-state index in [-0.39, 0.29) is 17.5 Å². The van der Waals surface area contributed by atoms with Gasteiger partial charge in [-0.15, -0.1) is 11.8 Å². The van der Waals surface area contributed by atoms with E-state index >= 15 is 0 Å². The van der Waals surface area contributed by atoms with Crippen molar-refractivity contribution in [2.24, 2.45) is 0 Å². The summed E-state index contributed by atoms with van der Waals surface area (Å²) < 4.78 is 28.9. The van der Waals surface area contributed by atoms with Crippen molar-refractivity contribution in [1.82, 2.24) is 9.55 Å². The number of rotatable bonds is 6. The Balaban J connectivity index is 1.47. The lowest BCUT2D eigenvalue weighted by Crippen LogP contribution is -2.29. The molecular formula is C20H20N4O3S2. The van der Waals surface area contributed by atoms with Crippen molar-refractivity contribution in [3.8, 4) is 0 Å². The van der Waals surface area contributed by atoms with Crippen LogP contribution in [0.2, 0.25) is 0 Å². The van der Waals surface area contributed by atoms with Gasteiger partial charge in [-0.05, 0) is 42.5 Å². The summed E-state index contributed by atoms with van der Waals surface area (Å²) in [5.41, 5.74) is 2.39. The molecule has 1 aromatic heterocycles. The van der Waals surface area contributed by atoms with Crippen molar-refractivity contribution in [3.63, 3.8) is 0 Å². The molecule has 0 saturated heterocycles. The third kappa shape index (κ3) is 4.01. The summed E-state index contributed by atoms with van der Waals surface area (Å²) in [7, 11) is -3.77. The normalized spacial score (nSPS) is 13.3. The van der Waals surface area contributed by atoms with Crippen LogP contribution in [-0.4, -0.2) is 36.7 Å². The summed E-state index contributed by atoms with van der Waals surface area (Å²) >= 11 is 1.59. The Morgan fingerprint density at radius 3 is 2.86 bits per heavy atom. The molecule has 0 saturated carbocycles. The van der Waals surface area contributed by atoms with Gasteiger partial charge in [0.25, 0.3) is 10.0 Å². The van der Waals surface area contributed by atoms with Gasteiger partial charge in [0, 0.05) is 23.3 Å². The molecule has 7 nitrogen and oxygen atoms in total. The van der Waals surface area contributed by atoms with Crippen LogP contribution in [0.1, 0.15) is 5.56 Å². The molecule has 9 heteroatoms. The van der Waals surface area contributed by atoms with Crippen LogP contribution in [-0.2, 0) is 27.8 Å². The van der Waals surface area contributed by atoms with Gasteiger partial charge in [-0.3, -0.25) is 9.10 Å². The first kappa shape index (κ1) is 19.5. The number of imidazole rings is 1. The van der Waals surface area contributed by atoms with Crippen LogP contribution in [0.4, 0.5) is 11.4 Å². The second-order valence-electron chi connectivity index (χ2n) is 6.62. The van der Waals surface area contributed by atoms with Crippen LogP contribution in [0.25, 0.3) is 0 Å². The second-order valence-corrected chi connectivity index (χ2v) is 9.31. The number of para-hydroxylation sites is 1. The predicted molar refractivity (Wildman–Crippen MR) is 114 cm³/mol. The largest absolute Gasteiger partial charge is 0.327 e. The molecule has 2 heterocycles.